The van der Waals surface area contributed by atoms with Crippen molar-refractivity contribution in [3.05, 3.63) is 27.7 Å². The molecule has 4 nitrogen and oxygen atoms in total. The Morgan fingerprint density at radius 3 is 2.71 bits per heavy atom. The number of phenols is 1. The van der Waals surface area contributed by atoms with Crippen LogP contribution in [0.2, 0.25) is 0 Å². The lowest BCUT2D eigenvalue weighted by molar-refractivity contribution is 0.459. The van der Waals surface area contributed by atoms with Crippen LogP contribution in [0.25, 0.3) is 0 Å². The molecule has 0 aliphatic rings. The lowest BCUT2D eigenvalue weighted by Gasteiger charge is -2.13. The third-order valence-corrected chi connectivity index (χ3v) is 2.60. The molecule has 0 aliphatic heterocycles. The first-order valence-corrected chi connectivity index (χ1v) is 4.78. The highest BCUT2D eigenvalue weighted by Crippen LogP contribution is 2.32. The number of nitrogens with two attached hydrogens (primary N) is 2. The van der Waals surface area contributed by atoms with E-state index in [1.807, 2.05) is 6.07 Å². The Hall–Kier alpha value is -1.09. The number of phenolic OH excluding ortho intramolecular Hbond substituents is 1. The lowest BCUT2D eigenvalue weighted by atomic mass is 10.0. The number of hydrogen-bond acceptors (Lipinski definition) is 4. The van der Waals surface area contributed by atoms with E-state index < -0.39 is 6.04 Å². The number of aromatic hydroxyl groups is 1. The van der Waals surface area contributed by atoms with Gasteiger partial charge in [-0.25, -0.2) is 0 Å². The monoisotopic (exact) mass is 255 g/mol. The van der Waals surface area contributed by atoms with Gasteiger partial charge >= 0.3 is 0 Å². The second-order valence-electron chi connectivity index (χ2n) is 2.81. The van der Waals surface area contributed by atoms with E-state index in [4.69, 9.17) is 16.7 Å². The van der Waals surface area contributed by atoms with E-state index in [1.54, 1.807) is 6.07 Å². The fourth-order valence-corrected chi connectivity index (χ4v) is 1.76. The summed E-state index contributed by atoms with van der Waals surface area (Å²) in [5, 5.41) is 18.4. The molecule has 5 heteroatoms. The Morgan fingerprint density at radius 2 is 2.21 bits per heavy atom. The molecule has 0 spiro atoms. The van der Waals surface area contributed by atoms with Gasteiger partial charge in [-0.2, -0.15) is 5.26 Å². The first kappa shape index (κ1) is 11.0. The van der Waals surface area contributed by atoms with Gasteiger partial charge in [0.05, 0.1) is 5.56 Å². The summed E-state index contributed by atoms with van der Waals surface area (Å²) in [5.41, 5.74) is 11.8. The molecule has 0 aromatic heterocycles. The van der Waals surface area contributed by atoms with Gasteiger partial charge in [0, 0.05) is 22.6 Å². The maximum absolute atomic E-state index is 9.68. The van der Waals surface area contributed by atoms with Gasteiger partial charge in [0.25, 0.3) is 0 Å². The number of benzene rings is 1. The van der Waals surface area contributed by atoms with Crippen molar-refractivity contribution in [3.63, 3.8) is 0 Å². The predicted molar refractivity (Wildman–Crippen MR) is 56.5 cm³/mol. The van der Waals surface area contributed by atoms with Gasteiger partial charge in [-0.3, -0.25) is 0 Å². The van der Waals surface area contributed by atoms with Gasteiger partial charge in [0.2, 0.25) is 0 Å². The maximum Gasteiger partial charge on any atom is 0.139 e. The summed E-state index contributed by atoms with van der Waals surface area (Å²) in [5.74, 6) is -0.0974. The van der Waals surface area contributed by atoms with Gasteiger partial charge in [0.1, 0.15) is 11.8 Å². The molecule has 0 saturated heterocycles. The first-order chi connectivity index (χ1) is 6.61. The Morgan fingerprint density at radius 1 is 1.57 bits per heavy atom. The molecule has 1 aromatic rings. The van der Waals surface area contributed by atoms with E-state index in [1.165, 1.54) is 6.07 Å². The van der Waals surface area contributed by atoms with E-state index in [0.29, 0.717) is 10.0 Å². The van der Waals surface area contributed by atoms with Crippen LogP contribution >= 0.6 is 15.9 Å². The molecule has 1 rings (SSSR count). The van der Waals surface area contributed by atoms with Gasteiger partial charge in [-0.15, -0.1) is 0 Å². The third-order valence-electron chi connectivity index (χ3n) is 1.91. The second-order valence-corrected chi connectivity index (χ2v) is 3.67. The third kappa shape index (κ3) is 1.87. The standard InChI is InChI=1S/C9H10BrN3O/c10-6-2-1-5(3-11)9(14)8(6)7(13)4-12/h1-2,7,14H,4,12-13H2. The molecule has 1 aromatic carbocycles. The molecular formula is C9H10BrN3O. The van der Waals surface area contributed by atoms with Crippen LogP contribution in [0.5, 0.6) is 5.75 Å². The molecule has 0 bridgehead atoms. The van der Waals surface area contributed by atoms with E-state index in [0.717, 1.165) is 0 Å². The van der Waals surface area contributed by atoms with Crippen molar-refractivity contribution in [2.75, 3.05) is 6.54 Å². The summed E-state index contributed by atoms with van der Waals surface area (Å²) in [6.45, 7) is 0.209. The second kappa shape index (κ2) is 4.42. The molecule has 0 radical (unpaired) electrons. The molecule has 1 atom stereocenters. The van der Waals surface area contributed by atoms with Crippen molar-refractivity contribution in [1.29, 1.82) is 5.26 Å². The van der Waals surface area contributed by atoms with Crippen molar-refractivity contribution in [1.82, 2.24) is 0 Å². The predicted octanol–water partition coefficient (Wildman–Crippen LogP) is 0.985. The Kier molecular flexibility index (Phi) is 3.47. The topological polar surface area (TPSA) is 96.1 Å². The van der Waals surface area contributed by atoms with Crippen molar-refractivity contribution < 1.29 is 5.11 Å². The minimum atomic E-state index is -0.474. The summed E-state index contributed by atoms with van der Waals surface area (Å²) in [4.78, 5) is 0. The first-order valence-electron chi connectivity index (χ1n) is 3.99. The highest BCUT2D eigenvalue weighted by molar-refractivity contribution is 9.10. The smallest absolute Gasteiger partial charge is 0.139 e. The SMILES string of the molecule is N#Cc1ccc(Br)c(C(N)CN)c1O. The molecule has 0 fully saturated rings. The van der Waals surface area contributed by atoms with E-state index >= 15 is 0 Å². The number of hydrogen-bond donors (Lipinski definition) is 3. The molecular weight excluding hydrogens is 246 g/mol. The average molecular weight is 256 g/mol. The largest absolute Gasteiger partial charge is 0.506 e. The van der Waals surface area contributed by atoms with Crippen LogP contribution < -0.4 is 11.5 Å². The van der Waals surface area contributed by atoms with Crippen LogP contribution in [0.4, 0.5) is 0 Å². The van der Waals surface area contributed by atoms with Gasteiger partial charge in [-0.05, 0) is 12.1 Å². The van der Waals surface area contributed by atoms with Crippen LogP contribution in [-0.2, 0) is 0 Å². The van der Waals surface area contributed by atoms with E-state index in [9.17, 15) is 5.11 Å². The minimum Gasteiger partial charge on any atom is -0.506 e. The molecule has 1 unspecified atom stereocenters. The lowest BCUT2D eigenvalue weighted by Crippen LogP contribution is -2.21. The minimum absolute atomic E-state index is 0.0974. The highest BCUT2D eigenvalue weighted by atomic mass is 79.9. The molecule has 0 aliphatic carbocycles. The summed E-state index contributed by atoms with van der Waals surface area (Å²) in [6.07, 6.45) is 0. The number of halogens is 1. The summed E-state index contributed by atoms with van der Waals surface area (Å²) in [6, 6.07) is 4.59. The van der Waals surface area contributed by atoms with Crippen LogP contribution in [0.1, 0.15) is 17.2 Å². The van der Waals surface area contributed by atoms with Crippen molar-refractivity contribution in [2.24, 2.45) is 11.5 Å². The molecule has 5 N–H and O–H groups in total. The Bertz CT molecular complexity index is 386. The molecule has 0 saturated carbocycles. The van der Waals surface area contributed by atoms with Gasteiger partial charge < -0.3 is 16.6 Å². The molecule has 74 valence electrons. The van der Waals surface area contributed by atoms with Crippen LogP contribution in [-0.4, -0.2) is 11.7 Å². The fourth-order valence-electron chi connectivity index (χ4n) is 1.14. The maximum atomic E-state index is 9.68. The Balaban J connectivity index is 3.34. The summed E-state index contributed by atoms with van der Waals surface area (Å²) < 4.78 is 0.659. The number of nitriles is 1. The van der Waals surface area contributed by atoms with Gasteiger partial charge in [0.15, 0.2) is 0 Å². The molecule has 0 amide bonds. The highest BCUT2D eigenvalue weighted by Gasteiger charge is 2.16. The normalized spacial score (nSPS) is 12.1. The van der Waals surface area contributed by atoms with Crippen LogP contribution in [0.3, 0.4) is 0 Å². The van der Waals surface area contributed by atoms with Crippen molar-refractivity contribution >= 4 is 15.9 Å². The van der Waals surface area contributed by atoms with Crippen LogP contribution in [0, 0.1) is 11.3 Å². The summed E-state index contributed by atoms with van der Waals surface area (Å²) in [7, 11) is 0. The average Bonchev–Trinajstić information content (AvgIpc) is 2.18. The fraction of sp³-hybridized carbons (Fsp3) is 0.222. The molecule has 0 heterocycles. The summed E-state index contributed by atoms with van der Waals surface area (Å²) >= 11 is 3.25. The number of nitrogens with zero attached hydrogens (tertiary/aromatic N) is 1. The zero-order valence-corrected chi connectivity index (χ0v) is 8.95. The number of rotatable bonds is 2. The van der Waals surface area contributed by atoms with Gasteiger partial charge in [-0.1, -0.05) is 15.9 Å². The Labute approximate surface area is 90.3 Å². The zero-order chi connectivity index (χ0) is 10.7. The molecule has 14 heavy (non-hydrogen) atoms. The van der Waals surface area contributed by atoms with Crippen molar-refractivity contribution in [3.8, 4) is 11.8 Å². The van der Waals surface area contributed by atoms with E-state index in [-0.39, 0.29) is 17.9 Å². The van der Waals surface area contributed by atoms with Crippen molar-refractivity contribution in [2.45, 2.75) is 6.04 Å². The zero-order valence-electron chi connectivity index (χ0n) is 7.37. The quantitative estimate of drug-likeness (QED) is 0.734. The van der Waals surface area contributed by atoms with E-state index in [2.05, 4.69) is 15.9 Å². The van der Waals surface area contributed by atoms with Crippen LogP contribution in [0.15, 0.2) is 16.6 Å².